The van der Waals surface area contributed by atoms with Gasteiger partial charge in [0.25, 0.3) is 0 Å². The van der Waals surface area contributed by atoms with E-state index in [1.54, 1.807) is 12.5 Å². The molecule has 0 bridgehead atoms. The first kappa shape index (κ1) is 22.6. The monoisotopic (exact) mass is 419 g/mol. The van der Waals surface area contributed by atoms with Gasteiger partial charge in [-0.15, -0.1) is 0 Å². The summed E-state index contributed by atoms with van der Waals surface area (Å²) in [5.41, 5.74) is 5.42. The van der Waals surface area contributed by atoms with Crippen LogP contribution in [0.5, 0.6) is 0 Å². The summed E-state index contributed by atoms with van der Waals surface area (Å²) in [7, 11) is 0. The number of amides is 2. The van der Waals surface area contributed by atoms with Crippen molar-refractivity contribution >= 4 is 11.7 Å². The zero-order chi connectivity index (χ0) is 22.2. The maximum Gasteiger partial charge on any atom is 0.319 e. The average molecular weight is 420 g/mol. The van der Waals surface area contributed by atoms with Gasteiger partial charge in [0.05, 0.1) is 12.5 Å². The molecule has 1 aromatic heterocycles. The second kappa shape index (κ2) is 10.8. The number of urea groups is 1. The molecule has 3 N–H and O–H groups in total. The van der Waals surface area contributed by atoms with Gasteiger partial charge in [0.15, 0.2) is 0 Å². The molecular weight excluding hydrogens is 386 g/mol. The van der Waals surface area contributed by atoms with Gasteiger partial charge < -0.3 is 20.4 Å². The Morgan fingerprint density at radius 1 is 0.903 bits per heavy atom. The standard InChI is InChI=1S/C26H33N3O2/c1-18(2)22-11-8-12-23(19(3)4)25(22)29-26(30)28-16-24(21-9-6-5-7-10-21)27-15-20-13-14-31-17-20/h5-14,17-19,24,27H,15-16H2,1-4H3,(H2,28,29,30). The fourth-order valence-corrected chi connectivity index (χ4v) is 3.68. The van der Waals surface area contributed by atoms with Crippen molar-refractivity contribution in [2.45, 2.75) is 52.1 Å². The normalized spacial score (nSPS) is 12.2. The molecule has 0 fully saturated rings. The lowest BCUT2D eigenvalue weighted by molar-refractivity contribution is 0.250. The van der Waals surface area contributed by atoms with Crippen LogP contribution >= 0.6 is 0 Å². The van der Waals surface area contributed by atoms with Crippen LogP contribution < -0.4 is 16.0 Å². The molecule has 5 heteroatoms. The first-order valence-electron chi connectivity index (χ1n) is 10.9. The fraction of sp³-hybridized carbons (Fsp3) is 0.346. The van der Waals surface area contributed by atoms with E-state index in [2.05, 4.69) is 74.0 Å². The second-order valence-corrected chi connectivity index (χ2v) is 8.43. The highest BCUT2D eigenvalue weighted by atomic mass is 16.3. The van der Waals surface area contributed by atoms with Crippen molar-refractivity contribution in [3.63, 3.8) is 0 Å². The summed E-state index contributed by atoms with van der Waals surface area (Å²) in [5.74, 6) is 0.644. The van der Waals surface area contributed by atoms with Gasteiger partial charge in [0.1, 0.15) is 0 Å². The molecule has 31 heavy (non-hydrogen) atoms. The molecule has 1 heterocycles. The highest BCUT2D eigenvalue weighted by Gasteiger charge is 2.17. The van der Waals surface area contributed by atoms with Crippen LogP contribution in [0.4, 0.5) is 10.5 Å². The lowest BCUT2D eigenvalue weighted by Gasteiger charge is -2.22. The summed E-state index contributed by atoms with van der Waals surface area (Å²) in [6.45, 7) is 9.71. The van der Waals surface area contributed by atoms with E-state index in [0.29, 0.717) is 24.9 Å². The van der Waals surface area contributed by atoms with E-state index in [1.165, 1.54) is 0 Å². The van der Waals surface area contributed by atoms with Crippen LogP contribution in [0.2, 0.25) is 0 Å². The summed E-state index contributed by atoms with van der Waals surface area (Å²) in [4.78, 5) is 12.9. The third-order valence-electron chi connectivity index (χ3n) is 5.41. The summed E-state index contributed by atoms with van der Waals surface area (Å²) >= 11 is 0. The van der Waals surface area contributed by atoms with Gasteiger partial charge in [0, 0.05) is 30.4 Å². The highest BCUT2D eigenvalue weighted by molar-refractivity contribution is 5.91. The molecule has 2 aromatic carbocycles. The van der Waals surface area contributed by atoms with Crippen LogP contribution in [-0.4, -0.2) is 12.6 Å². The maximum absolute atomic E-state index is 12.9. The van der Waals surface area contributed by atoms with Crippen molar-refractivity contribution < 1.29 is 9.21 Å². The highest BCUT2D eigenvalue weighted by Crippen LogP contribution is 2.32. The minimum Gasteiger partial charge on any atom is -0.472 e. The Balaban J connectivity index is 1.70. The van der Waals surface area contributed by atoms with E-state index in [0.717, 1.165) is 27.9 Å². The van der Waals surface area contributed by atoms with Crippen molar-refractivity contribution in [1.29, 1.82) is 0 Å². The molecule has 0 aliphatic carbocycles. The number of rotatable bonds is 9. The van der Waals surface area contributed by atoms with Crippen molar-refractivity contribution in [3.8, 4) is 0 Å². The van der Waals surface area contributed by atoms with Crippen LogP contribution in [0.3, 0.4) is 0 Å². The van der Waals surface area contributed by atoms with E-state index in [1.807, 2.05) is 24.3 Å². The quantitative estimate of drug-likeness (QED) is 0.388. The van der Waals surface area contributed by atoms with Crippen LogP contribution in [0, 0.1) is 0 Å². The number of nitrogens with one attached hydrogen (secondary N) is 3. The van der Waals surface area contributed by atoms with Crippen molar-refractivity contribution in [2.24, 2.45) is 0 Å². The smallest absolute Gasteiger partial charge is 0.319 e. The van der Waals surface area contributed by atoms with Gasteiger partial charge in [-0.1, -0.05) is 76.2 Å². The number of carbonyl (C=O) groups is 1. The summed E-state index contributed by atoms with van der Waals surface area (Å²) in [5, 5.41) is 9.70. The molecule has 0 spiro atoms. The SMILES string of the molecule is CC(C)c1cccc(C(C)C)c1NC(=O)NCC(NCc1ccoc1)c1ccccc1. The zero-order valence-corrected chi connectivity index (χ0v) is 18.8. The van der Waals surface area contributed by atoms with Crippen molar-refractivity contribution in [3.05, 3.63) is 89.4 Å². The van der Waals surface area contributed by atoms with Crippen molar-refractivity contribution in [1.82, 2.24) is 10.6 Å². The molecule has 3 rings (SSSR count). The van der Waals surface area contributed by atoms with Gasteiger partial charge in [-0.05, 0) is 34.6 Å². The number of furan rings is 1. The molecule has 1 unspecified atom stereocenters. The topological polar surface area (TPSA) is 66.3 Å². The number of hydrogen-bond donors (Lipinski definition) is 3. The number of para-hydroxylation sites is 1. The fourth-order valence-electron chi connectivity index (χ4n) is 3.68. The van der Waals surface area contributed by atoms with Gasteiger partial charge in [-0.25, -0.2) is 4.79 Å². The van der Waals surface area contributed by atoms with E-state index >= 15 is 0 Å². The number of hydrogen-bond acceptors (Lipinski definition) is 3. The predicted molar refractivity (Wildman–Crippen MR) is 126 cm³/mol. The van der Waals surface area contributed by atoms with Crippen LogP contribution in [0.25, 0.3) is 0 Å². The molecule has 0 saturated carbocycles. The lowest BCUT2D eigenvalue weighted by atomic mass is 9.93. The molecular formula is C26H33N3O2. The van der Waals surface area contributed by atoms with E-state index in [-0.39, 0.29) is 12.1 Å². The molecule has 164 valence electrons. The van der Waals surface area contributed by atoms with E-state index in [9.17, 15) is 4.79 Å². The van der Waals surface area contributed by atoms with Crippen LogP contribution in [0.1, 0.15) is 67.8 Å². The van der Waals surface area contributed by atoms with Crippen LogP contribution in [-0.2, 0) is 6.54 Å². The largest absolute Gasteiger partial charge is 0.472 e. The minimum atomic E-state index is -0.193. The Morgan fingerprint density at radius 2 is 1.58 bits per heavy atom. The average Bonchev–Trinajstić information content (AvgIpc) is 3.28. The summed E-state index contributed by atoms with van der Waals surface area (Å²) in [6, 6.07) is 18.1. The maximum atomic E-state index is 12.9. The molecule has 0 saturated heterocycles. The Kier molecular flexibility index (Phi) is 7.90. The van der Waals surface area contributed by atoms with Gasteiger partial charge in [0.2, 0.25) is 0 Å². The summed E-state index contributed by atoms with van der Waals surface area (Å²) < 4.78 is 5.16. The number of benzene rings is 2. The molecule has 5 nitrogen and oxygen atoms in total. The van der Waals surface area contributed by atoms with Gasteiger partial charge in [-0.3, -0.25) is 0 Å². The lowest BCUT2D eigenvalue weighted by Crippen LogP contribution is -2.37. The second-order valence-electron chi connectivity index (χ2n) is 8.43. The number of carbonyl (C=O) groups excluding carboxylic acids is 1. The van der Waals surface area contributed by atoms with E-state index < -0.39 is 0 Å². The molecule has 1 atom stereocenters. The van der Waals surface area contributed by atoms with Crippen molar-refractivity contribution in [2.75, 3.05) is 11.9 Å². The number of anilines is 1. The summed E-state index contributed by atoms with van der Waals surface area (Å²) in [6.07, 6.45) is 3.39. The molecule has 3 aromatic rings. The Morgan fingerprint density at radius 3 is 2.16 bits per heavy atom. The van der Waals surface area contributed by atoms with Gasteiger partial charge in [-0.2, -0.15) is 0 Å². The van der Waals surface area contributed by atoms with E-state index in [4.69, 9.17) is 4.42 Å². The molecule has 0 aliphatic heterocycles. The molecule has 0 radical (unpaired) electrons. The molecule has 2 amide bonds. The zero-order valence-electron chi connectivity index (χ0n) is 18.8. The predicted octanol–water partition coefficient (Wildman–Crippen LogP) is 6.18. The third kappa shape index (κ3) is 6.22. The first-order chi connectivity index (χ1) is 15.0. The molecule has 0 aliphatic rings. The Hall–Kier alpha value is -3.05. The van der Waals surface area contributed by atoms with Crippen LogP contribution in [0.15, 0.2) is 71.5 Å². The first-order valence-corrected chi connectivity index (χ1v) is 10.9. The Labute approximate surface area is 185 Å². The third-order valence-corrected chi connectivity index (χ3v) is 5.41. The Bertz CT molecular complexity index is 924. The van der Waals surface area contributed by atoms with Gasteiger partial charge >= 0.3 is 6.03 Å². The minimum absolute atomic E-state index is 0.0215.